The molecular formula is C68H104O6. The maximum Gasteiger partial charge on any atom is 0.306 e. The molecule has 1 unspecified atom stereocenters. The molecule has 0 aliphatic heterocycles. The van der Waals surface area contributed by atoms with Gasteiger partial charge in [-0.15, -0.1) is 0 Å². The Morgan fingerprint density at radius 3 is 0.824 bits per heavy atom. The average molecular weight is 1020 g/mol. The molecule has 0 saturated carbocycles. The van der Waals surface area contributed by atoms with E-state index in [1.807, 2.05) is 0 Å². The number of carbonyl (C=O) groups excluding carboxylic acids is 3. The molecule has 0 heterocycles. The predicted octanol–water partition coefficient (Wildman–Crippen LogP) is 19.9. The summed E-state index contributed by atoms with van der Waals surface area (Å²) in [5.41, 5.74) is 0. The van der Waals surface area contributed by atoms with Crippen LogP contribution in [0.4, 0.5) is 0 Å². The van der Waals surface area contributed by atoms with Gasteiger partial charge in [-0.05, 0) is 135 Å². The topological polar surface area (TPSA) is 78.9 Å². The van der Waals surface area contributed by atoms with Crippen molar-refractivity contribution in [2.45, 2.75) is 226 Å². The lowest BCUT2D eigenvalue weighted by molar-refractivity contribution is -0.167. The van der Waals surface area contributed by atoms with Crippen LogP contribution in [0, 0.1) is 0 Å². The Morgan fingerprint density at radius 1 is 0.284 bits per heavy atom. The molecule has 74 heavy (non-hydrogen) atoms. The molecule has 0 aromatic heterocycles. The molecule has 0 amide bonds. The number of hydrogen-bond donors (Lipinski definition) is 0. The number of esters is 3. The molecule has 0 aliphatic carbocycles. The van der Waals surface area contributed by atoms with Gasteiger partial charge in [-0.2, -0.15) is 0 Å². The molecule has 0 aromatic rings. The van der Waals surface area contributed by atoms with Crippen LogP contribution in [0.1, 0.15) is 220 Å². The van der Waals surface area contributed by atoms with E-state index in [4.69, 9.17) is 14.2 Å². The van der Waals surface area contributed by atoms with Gasteiger partial charge in [-0.3, -0.25) is 14.4 Å². The third-order valence-corrected chi connectivity index (χ3v) is 11.5. The Hall–Kier alpha value is -5.23. The van der Waals surface area contributed by atoms with Crippen LogP contribution >= 0.6 is 0 Å². The lowest BCUT2D eigenvalue weighted by atomic mass is 10.1. The van der Waals surface area contributed by atoms with Crippen molar-refractivity contribution in [2.75, 3.05) is 13.2 Å². The molecule has 6 heteroatoms. The van der Waals surface area contributed by atoms with Gasteiger partial charge < -0.3 is 14.2 Å². The Labute approximate surface area is 453 Å². The van der Waals surface area contributed by atoms with Crippen molar-refractivity contribution in [3.63, 3.8) is 0 Å². The Morgan fingerprint density at radius 2 is 0.527 bits per heavy atom. The molecule has 6 nitrogen and oxygen atoms in total. The SMILES string of the molecule is CC/C=C\C/C=C\C/C=C\C/C=C\C/C=C\C/C=C\C/C=C\C/C=C\C/C=C\C/C=C\CCCCC(=O)OCC(COC(=O)CCCCCCCCCC)OC(=O)CCCC/C=C\C/C=C\C/C=C\C/C=C\CC. The maximum absolute atomic E-state index is 12.8. The monoisotopic (exact) mass is 1020 g/mol. The first-order chi connectivity index (χ1) is 36.5. The summed E-state index contributed by atoms with van der Waals surface area (Å²) in [4.78, 5) is 37.9. The standard InChI is InChI=1S/C68H104O6/c1-4-7-10-13-16-19-21-23-25-26-27-28-29-30-31-32-33-34-35-36-37-38-39-40-41-42-44-45-47-49-52-55-58-61-67(70)73-64-65(63-72-66(69)60-57-54-51-18-15-12-9-6-3)74-68(71)62-59-56-53-50-48-46-43-24-22-20-17-14-11-8-5-2/h7-8,10-11,16-17,19-20,23-25,27-28,30-31,33-34,36-37,39-40,42-44,47-50,65H,4-6,9,12-15,18,21-22,26,29,32,35,38,41,45-46,51-64H2,1-3H3/b10-7-,11-8-,19-16-,20-17-,25-23-,28-27-,31-30-,34-33-,37-36-,40-39-,43-24-,44-42-,49-47-,50-48-. The van der Waals surface area contributed by atoms with Crippen LogP contribution in [-0.2, 0) is 28.6 Å². The summed E-state index contributed by atoms with van der Waals surface area (Å²) >= 11 is 0. The molecule has 0 fully saturated rings. The summed E-state index contributed by atoms with van der Waals surface area (Å²) in [6.07, 6.45) is 89.5. The maximum atomic E-state index is 12.8. The van der Waals surface area contributed by atoms with E-state index in [9.17, 15) is 14.4 Å². The van der Waals surface area contributed by atoms with Crippen molar-refractivity contribution < 1.29 is 28.6 Å². The van der Waals surface area contributed by atoms with E-state index in [0.717, 1.165) is 135 Å². The molecule has 0 radical (unpaired) electrons. The summed E-state index contributed by atoms with van der Waals surface area (Å²) in [7, 11) is 0. The zero-order valence-corrected chi connectivity index (χ0v) is 47.0. The van der Waals surface area contributed by atoms with E-state index in [2.05, 4.69) is 191 Å². The molecular weight excluding hydrogens is 913 g/mol. The lowest BCUT2D eigenvalue weighted by Gasteiger charge is -2.18. The first kappa shape index (κ1) is 68.8. The van der Waals surface area contributed by atoms with E-state index in [1.165, 1.54) is 32.1 Å². The summed E-state index contributed by atoms with van der Waals surface area (Å²) in [5, 5.41) is 0. The summed E-state index contributed by atoms with van der Waals surface area (Å²) < 4.78 is 16.7. The summed E-state index contributed by atoms with van der Waals surface area (Å²) in [6, 6.07) is 0. The number of rotatable bonds is 50. The van der Waals surface area contributed by atoms with E-state index in [0.29, 0.717) is 19.3 Å². The van der Waals surface area contributed by atoms with Crippen molar-refractivity contribution in [2.24, 2.45) is 0 Å². The normalized spacial score (nSPS) is 13.4. The van der Waals surface area contributed by atoms with Gasteiger partial charge in [0.25, 0.3) is 0 Å². The third kappa shape index (κ3) is 57.7. The second kappa shape index (κ2) is 60.3. The van der Waals surface area contributed by atoms with Gasteiger partial charge in [0.15, 0.2) is 6.10 Å². The minimum absolute atomic E-state index is 0.115. The Kier molecular flexibility index (Phi) is 56.1. The van der Waals surface area contributed by atoms with Gasteiger partial charge >= 0.3 is 17.9 Å². The largest absolute Gasteiger partial charge is 0.462 e. The van der Waals surface area contributed by atoms with E-state index in [1.54, 1.807) is 0 Å². The zero-order valence-electron chi connectivity index (χ0n) is 47.0. The molecule has 412 valence electrons. The third-order valence-electron chi connectivity index (χ3n) is 11.5. The van der Waals surface area contributed by atoms with Gasteiger partial charge in [-0.25, -0.2) is 0 Å². The fourth-order valence-corrected chi connectivity index (χ4v) is 7.16. The molecule has 0 bridgehead atoms. The van der Waals surface area contributed by atoms with Crippen molar-refractivity contribution in [3.05, 3.63) is 170 Å². The number of ether oxygens (including phenoxy) is 3. The number of allylic oxidation sites excluding steroid dienone is 28. The van der Waals surface area contributed by atoms with E-state index >= 15 is 0 Å². The minimum atomic E-state index is -0.823. The van der Waals surface area contributed by atoms with Gasteiger partial charge in [-0.1, -0.05) is 236 Å². The zero-order chi connectivity index (χ0) is 53.6. The Balaban J connectivity index is 4.34. The van der Waals surface area contributed by atoms with Gasteiger partial charge in [0.2, 0.25) is 0 Å². The number of carbonyl (C=O) groups is 3. The number of unbranched alkanes of at least 4 members (excludes halogenated alkanes) is 11. The molecule has 0 spiro atoms. The first-order valence-electron chi connectivity index (χ1n) is 29.1. The van der Waals surface area contributed by atoms with Crippen LogP contribution < -0.4 is 0 Å². The Bertz CT molecular complexity index is 1740. The van der Waals surface area contributed by atoms with E-state index < -0.39 is 6.10 Å². The fraction of sp³-hybridized carbons (Fsp3) is 0.544. The highest BCUT2D eigenvalue weighted by atomic mass is 16.6. The van der Waals surface area contributed by atoms with Crippen LogP contribution in [0.5, 0.6) is 0 Å². The van der Waals surface area contributed by atoms with Crippen LogP contribution in [0.3, 0.4) is 0 Å². The van der Waals surface area contributed by atoms with Crippen molar-refractivity contribution in [3.8, 4) is 0 Å². The summed E-state index contributed by atoms with van der Waals surface area (Å²) in [6.45, 7) is 6.28. The van der Waals surface area contributed by atoms with E-state index in [-0.39, 0.29) is 44.0 Å². The highest BCUT2D eigenvalue weighted by molar-refractivity contribution is 5.71. The highest BCUT2D eigenvalue weighted by Gasteiger charge is 2.19. The second-order valence-electron chi connectivity index (χ2n) is 18.4. The average Bonchev–Trinajstić information content (AvgIpc) is 3.40. The van der Waals surface area contributed by atoms with Crippen LogP contribution in [0.25, 0.3) is 0 Å². The molecule has 0 saturated heterocycles. The molecule has 0 rings (SSSR count). The minimum Gasteiger partial charge on any atom is -0.462 e. The molecule has 0 aliphatic rings. The molecule has 1 atom stereocenters. The van der Waals surface area contributed by atoms with Crippen LogP contribution in [0.15, 0.2) is 170 Å². The first-order valence-corrected chi connectivity index (χ1v) is 29.1. The van der Waals surface area contributed by atoms with Crippen LogP contribution in [0.2, 0.25) is 0 Å². The van der Waals surface area contributed by atoms with Crippen molar-refractivity contribution in [1.29, 1.82) is 0 Å². The second-order valence-corrected chi connectivity index (χ2v) is 18.4. The van der Waals surface area contributed by atoms with Gasteiger partial charge in [0.1, 0.15) is 13.2 Å². The quantitative estimate of drug-likeness (QED) is 0.0261. The fourth-order valence-electron chi connectivity index (χ4n) is 7.16. The van der Waals surface area contributed by atoms with Crippen molar-refractivity contribution >= 4 is 17.9 Å². The van der Waals surface area contributed by atoms with Gasteiger partial charge in [0, 0.05) is 19.3 Å². The summed E-state index contributed by atoms with van der Waals surface area (Å²) in [5.74, 6) is -1.02. The molecule has 0 N–H and O–H groups in total. The lowest BCUT2D eigenvalue weighted by Crippen LogP contribution is -2.30. The van der Waals surface area contributed by atoms with Crippen LogP contribution in [-0.4, -0.2) is 37.2 Å². The van der Waals surface area contributed by atoms with Crippen molar-refractivity contribution in [1.82, 2.24) is 0 Å². The predicted molar refractivity (Wildman–Crippen MR) is 320 cm³/mol. The van der Waals surface area contributed by atoms with Gasteiger partial charge in [0.05, 0.1) is 0 Å². The molecule has 0 aromatic carbocycles. The number of hydrogen-bond acceptors (Lipinski definition) is 6. The smallest absolute Gasteiger partial charge is 0.306 e. The highest BCUT2D eigenvalue weighted by Crippen LogP contribution is 2.12.